The fraction of sp³-hybridized carbons (Fsp3) is 1.00. The van der Waals surface area contributed by atoms with Crippen LogP contribution in [0.25, 0.3) is 0 Å². The average Bonchev–Trinajstić information content (AvgIpc) is 1.84. The van der Waals surface area contributed by atoms with Crippen molar-refractivity contribution in [3.8, 4) is 0 Å². The second-order valence-electron chi connectivity index (χ2n) is 4.12. The minimum absolute atomic E-state index is 0.118. The number of hydroxylamine groups is 1. The fourth-order valence-electron chi connectivity index (χ4n) is 0.744. The highest BCUT2D eigenvalue weighted by molar-refractivity contribution is 4.57. The highest BCUT2D eigenvalue weighted by Crippen LogP contribution is 2.04. The van der Waals surface area contributed by atoms with E-state index in [0.717, 1.165) is 13.2 Å². The van der Waals surface area contributed by atoms with E-state index in [2.05, 4.69) is 12.4 Å². The minimum atomic E-state index is -0.118. The lowest BCUT2D eigenvalue weighted by molar-refractivity contribution is -0.0786. The number of nitrogens with one attached hydrogen (secondary N) is 1. The Morgan fingerprint density at radius 2 is 1.92 bits per heavy atom. The SMILES string of the molecule is COCC(C)CNOC(C)(C)C. The number of hydrogen-bond donors (Lipinski definition) is 1. The fourth-order valence-corrected chi connectivity index (χ4v) is 0.744. The molecule has 0 aromatic heterocycles. The van der Waals surface area contributed by atoms with Gasteiger partial charge >= 0.3 is 0 Å². The van der Waals surface area contributed by atoms with Crippen LogP contribution in [0.3, 0.4) is 0 Å². The van der Waals surface area contributed by atoms with Crippen molar-refractivity contribution in [2.45, 2.75) is 33.3 Å². The van der Waals surface area contributed by atoms with E-state index in [4.69, 9.17) is 9.57 Å². The van der Waals surface area contributed by atoms with Gasteiger partial charge in [0.1, 0.15) is 0 Å². The van der Waals surface area contributed by atoms with Gasteiger partial charge in [0, 0.05) is 13.7 Å². The molecule has 0 aromatic carbocycles. The minimum Gasteiger partial charge on any atom is -0.384 e. The molecule has 0 saturated heterocycles. The molecule has 0 bridgehead atoms. The summed E-state index contributed by atoms with van der Waals surface area (Å²) in [5, 5.41) is 0. The van der Waals surface area contributed by atoms with Crippen LogP contribution in [0.4, 0.5) is 0 Å². The van der Waals surface area contributed by atoms with Gasteiger partial charge in [0.25, 0.3) is 0 Å². The monoisotopic (exact) mass is 175 g/mol. The molecule has 1 unspecified atom stereocenters. The van der Waals surface area contributed by atoms with Crippen molar-refractivity contribution in [2.24, 2.45) is 5.92 Å². The van der Waals surface area contributed by atoms with Gasteiger partial charge in [0.05, 0.1) is 12.2 Å². The van der Waals surface area contributed by atoms with Crippen molar-refractivity contribution in [1.29, 1.82) is 0 Å². The molecule has 0 rings (SSSR count). The van der Waals surface area contributed by atoms with Gasteiger partial charge in [-0.15, -0.1) is 0 Å². The van der Waals surface area contributed by atoms with Crippen LogP contribution in [0.15, 0.2) is 0 Å². The van der Waals surface area contributed by atoms with Crippen LogP contribution in [0.5, 0.6) is 0 Å². The molecule has 0 aliphatic heterocycles. The van der Waals surface area contributed by atoms with Crippen molar-refractivity contribution in [3.05, 3.63) is 0 Å². The molecule has 0 aliphatic carbocycles. The van der Waals surface area contributed by atoms with Crippen LogP contribution in [0.2, 0.25) is 0 Å². The number of hydrogen-bond acceptors (Lipinski definition) is 3. The quantitative estimate of drug-likeness (QED) is 0.644. The van der Waals surface area contributed by atoms with Crippen molar-refractivity contribution in [3.63, 3.8) is 0 Å². The lowest BCUT2D eigenvalue weighted by atomic mass is 10.2. The molecule has 0 aliphatic rings. The first-order valence-electron chi connectivity index (χ1n) is 4.35. The van der Waals surface area contributed by atoms with E-state index in [0.29, 0.717) is 5.92 Å². The maximum atomic E-state index is 5.34. The van der Waals surface area contributed by atoms with Gasteiger partial charge in [0.15, 0.2) is 0 Å². The maximum Gasteiger partial charge on any atom is 0.0812 e. The summed E-state index contributed by atoms with van der Waals surface area (Å²) in [6, 6.07) is 0. The summed E-state index contributed by atoms with van der Waals surface area (Å²) < 4.78 is 4.99. The first-order valence-corrected chi connectivity index (χ1v) is 4.35. The normalized spacial score (nSPS) is 14.8. The third-order valence-corrected chi connectivity index (χ3v) is 1.26. The van der Waals surface area contributed by atoms with Crippen LogP contribution in [-0.2, 0) is 9.57 Å². The number of rotatable bonds is 5. The van der Waals surface area contributed by atoms with E-state index < -0.39 is 0 Å². The second kappa shape index (κ2) is 5.51. The maximum absolute atomic E-state index is 5.34. The third-order valence-electron chi connectivity index (χ3n) is 1.26. The Morgan fingerprint density at radius 3 is 2.33 bits per heavy atom. The first-order chi connectivity index (χ1) is 5.45. The second-order valence-corrected chi connectivity index (χ2v) is 4.12. The standard InChI is InChI=1S/C9H21NO2/c1-8(7-11-5)6-10-12-9(2,3)4/h8,10H,6-7H2,1-5H3. The average molecular weight is 175 g/mol. The highest BCUT2D eigenvalue weighted by atomic mass is 16.7. The molecular weight excluding hydrogens is 154 g/mol. The van der Waals surface area contributed by atoms with Gasteiger partial charge < -0.3 is 4.74 Å². The zero-order valence-electron chi connectivity index (χ0n) is 8.81. The van der Waals surface area contributed by atoms with E-state index >= 15 is 0 Å². The molecule has 1 atom stereocenters. The summed E-state index contributed by atoms with van der Waals surface area (Å²) in [5.74, 6) is 0.484. The predicted molar refractivity (Wildman–Crippen MR) is 49.9 cm³/mol. The van der Waals surface area contributed by atoms with Crippen molar-refractivity contribution in [2.75, 3.05) is 20.3 Å². The van der Waals surface area contributed by atoms with E-state index in [1.807, 2.05) is 20.8 Å². The van der Waals surface area contributed by atoms with Crippen molar-refractivity contribution >= 4 is 0 Å². The summed E-state index contributed by atoms with van der Waals surface area (Å²) in [6.07, 6.45) is 0. The molecule has 1 N–H and O–H groups in total. The van der Waals surface area contributed by atoms with Crippen molar-refractivity contribution < 1.29 is 9.57 Å². The van der Waals surface area contributed by atoms with Gasteiger partial charge in [0.2, 0.25) is 0 Å². The Balaban J connectivity index is 3.31. The topological polar surface area (TPSA) is 30.5 Å². The van der Waals surface area contributed by atoms with E-state index in [1.54, 1.807) is 7.11 Å². The smallest absolute Gasteiger partial charge is 0.0812 e. The number of methoxy groups -OCH3 is 1. The molecular formula is C9H21NO2. The van der Waals surface area contributed by atoms with Gasteiger partial charge in [-0.25, -0.2) is 5.48 Å². The predicted octanol–water partition coefficient (Wildman–Crippen LogP) is 1.59. The molecule has 0 radical (unpaired) electrons. The third kappa shape index (κ3) is 7.98. The Kier molecular flexibility index (Phi) is 5.46. The molecule has 3 nitrogen and oxygen atoms in total. The van der Waals surface area contributed by atoms with Crippen LogP contribution >= 0.6 is 0 Å². The summed E-state index contributed by atoms with van der Waals surface area (Å²) >= 11 is 0. The van der Waals surface area contributed by atoms with Crippen molar-refractivity contribution in [1.82, 2.24) is 5.48 Å². The zero-order chi connectivity index (χ0) is 9.61. The van der Waals surface area contributed by atoms with Gasteiger partial charge in [-0.2, -0.15) is 0 Å². The summed E-state index contributed by atoms with van der Waals surface area (Å²) in [6.45, 7) is 9.75. The van der Waals surface area contributed by atoms with Gasteiger partial charge in [-0.1, -0.05) is 6.92 Å². The molecule has 0 spiro atoms. The number of ether oxygens (including phenoxy) is 1. The van der Waals surface area contributed by atoms with Crippen LogP contribution < -0.4 is 5.48 Å². The molecule has 12 heavy (non-hydrogen) atoms. The highest BCUT2D eigenvalue weighted by Gasteiger charge is 2.10. The van der Waals surface area contributed by atoms with E-state index in [9.17, 15) is 0 Å². The van der Waals surface area contributed by atoms with Gasteiger partial charge in [-0.05, 0) is 26.7 Å². The lowest BCUT2D eigenvalue weighted by Gasteiger charge is -2.20. The molecule has 0 aromatic rings. The Morgan fingerprint density at radius 1 is 1.33 bits per heavy atom. The molecule has 0 amide bonds. The van der Waals surface area contributed by atoms with Gasteiger partial charge in [-0.3, -0.25) is 4.84 Å². The first kappa shape index (κ1) is 11.9. The molecule has 0 fully saturated rings. The van der Waals surface area contributed by atoms with Crippen LogP contribution in [0, 0.1) is 5.92 Å². The van der Waals surface area contributed by atoms with Crippen LogP contribution in [-0.4, -0.2) is 25.9 Å². The Hall–Kier alpha value is -0.120. The summed E-state index contributed by atoms with van der Waals surface area (Å²) in [7, 11) is 1.71. The lowest BCUT2D eigenvalue weighted by Crippen LogP contribution is -2.32. The largest absolute Gasteiger partial charge is 0.384 e. The molecule has 3 heteroatoms. The van der Waals surface area contributed by atoms with Crippen LogP contribution in [0.1, 0.15) is 27.7 Å². The molecule has 0 heterocycles. The van der Waals surface area contributed by atoms with E-state index in [1.165, 1.54) is 0 Å². The summed E-state index contributed by atoms with van der Waals surface area (Å²) in [5.41, 5.74) is 2.81. The zero-order valence-corrected chi connectivity index (χ0v) is 8.81. The van der Waals surface area contributed by atoms with E-state index in [-0.39, 0.29) is 5.60 Å². The Bertz CT molecular complexity index is 110. The summed E-state index contributed by atoms with van der Waals surface area (Å²) in [4.78, 5) is 5.34. The Labute approximate surface area is 75.4 Å². The molecule has 74 valence electrons. The molecule has 0 saturated carbocycles.